The summed E-state index contributed by atoms with van der Waals surface area (Å²) in [5.74, 6) is 1.69. The van der Waals surface area contributed by atoms with E-state index in [1.807, 2.05) is 0 Å². The maximum Gasteiger partial charge on any atom is 0.00981 e. The van der Waals surface area contributed by atoms with Crippen molar-refractivity contribution in [3.63, 3.8) is 0 Å². The maximum atomic E-state index is 5.86. The molecule has 2 rings (SSSR count). The summed E-state index contributed by atoms with van der Waals surface area (Å²) in [6.07, 6.45) is 9.97. The van der Waals surface area contributed by atoms with Crippen LogP contribution in [0.4, 0.5) is 0 Å². The molecule has 1 aliphatic heterocycles. The highest BCUT2D eigenvalue weighted by atomic mass is 15.2. The third-order valence-corrected chi connectivity index (χ3v) is 5.22. The number of hydrogen-bond donors (Lipinski definition) is 1. The second-order valence-electron chi connectivity index (χ2n) is 6.36. The van der Waals surface area contributed by atoms with Crippen LogP contribution in [0.3, 0.4) is 0 Å². The first-order chi connectivity index (χ1) is 8.22. The second kappa shape index (κ2) is 6.19. The Morgan fingerprint density at radius 3 is 2.47 bits per heavy atom. The molecular weight excluding hydrogens is 208 g/mol. The van der Waals surface area contributed by atoms with Crippen LogP contribution in [0.2, 0.25) is 0 Å². The van der Waals surface area contributed by atoms with E-state index in [1.165, 1.54) is 51.5 Å². The highest BCUT2D eigenvalue weighted by Crippen LogP contribution is 2.32. The predicted molar refractivity (Wildman–Crippen MR) is 74.0 cm³/mol. The molecule has 1 heterocycles. The van der Waals surface area contributed by atoms with Crippen molar-refractivity contribution in [2.24, 2.45) is 17.6 Å². The monoisotopic (exact) mass is 238 g/mol. The summed E-state index contributed by atoms with van der Waals surface area (Å²) in [6, 6.07) is 1.55. The Morgan fingerprint density at radius 1 is 1.12 bits per heavy atom. The van der Waals surface area contributed by atoms with Gasteiger partial charge in [0.25, 0.3) is 0 Å². The number of nitrogens with zero attached hydrogens (tertiary/aromatic N) is 1. The molecule has 2 N–H and O–H groups in total. The molecule has 2 aliphatic rings. The summed E-state index contributed by atoms with van der Waals surface area (Å²) in [7, 11) is 0. The van der Waals surface area contributed by atoms with Crippen LogP contribution in [0.15, 0.2) is 0 Å². The Hall–Kier alpha value is -0.0800. The van der Waals surface area contributed by atoms with Crippen LogP contribution in [0.25, 0.3) is 0 Å². The molecule has 100 valence electrons. The SMILES string of the molecule is CC1CCC(CN)CN1C(C)C1CCCCC1. The van der Waals surface area contributed by atoms with Gasteiger partial charge in [-0.2, -0.15) is 0 Å². The standard InChI is InChI=1S/C15H30N2/c1-12-8-9-14(10-16)11-17(12)13(2)15-6-4-3-5-7-15/h12-15H,3-11,16H2,1-2H3. The number of rotatable bonds is 3. The van der Waals surface area contributed by atoms with Crippen molar-refractivity contribution < 1.29 is 0 Å². The normalized spacial score (nSPS) is 34.8. The number of piperidine rings is 1. The molecule has 17 heavy (non-hydrogen) atoms. The van der Waals surface area contributed by atoms with Gasteiger partial charge in [-0.05, 0) is 57.9 Å². The average Bonchev–Trinajstić information content (AvgIpc) is 2.39. The van der Waals surface area contributed by atoms with Crippen LogP contribution < -0.4 is 5.73 Å². The van der Waals surface area contributed by atoms with Crippen molar-refractivity contribution in [2.75, 3.05) is 13.1 Å². The van der Waals surface area contributed by atoms with E-state index < -0.39 is 0 Å². The molecule has 0 spiro atoms. The van der Waals surface area contributed by atoms with Gasteiger partial charge >= 0.3 is 0 Å². The summed E-state index contributed by atoms with van der Waals surface area (Å²) < 4.78 is 0. The van der Waals surface area contributed by atoms with E-state index in [0.717, 1.165) is 30.5 Å². The van der Waals surface area contributed by atoms with Crippen LogP contribution in [0, 0.1) is 11.8 Å². The van der Waals surface area contributed by atoms with Crippen molar-refractivity contribution in [1.29, 1.82) is 0 Å². The molecule has 1 aliphatic carbocycles. The topological polar surface area (TPSA) is 29.3 Å². The fraction of sp³-hybridized carbons (Fsp3) is 1.00. The van der Waals surface area contributed by atoms with Gasteiger partial charge in [-0.1, -0.05) is 19.3 Å². The minimum atomic E-state index is 0.747. The van der Waals surface area contributed by atoms with Gasteiger partial charge < -0.3 is 5.73 Å². The van der Waals surface area contributed by atoms with E-state index in [1.54, 1.807) is 0 Å². The molecule has 0 bridgehead atoms. The van der Waals surface area contributed by atoms with Crippen molar-refractivity contribution in [3.05, 3.63) is 0 Å². The lowest BCUT2D eigenvalue weighted by molar-refractivity contribution is 0.0432. The van der Waals surface area contributed by atoms with Gasteiger partial charge in [0.1, 0.15) is 0 Å². The van der Waals surface area contributed by atoms with E-state index in [2.05, 4.69) is 18.7 Å². The molecule has 0 amide bonds. The third-order valence-electron chi connectivity index (χ3n) is 5.22. The lowest BCUT2D eigenvalue weighted by atomic mass is 9.82. The molecule has 3 atom stereocenters. The smallest absolute Gasteiger partial charge is 0.00981 e. The molecule has 0 aromatic carbocycles. The molecule has 0 aromatic heterocycles. The Morgan fingerprint density at radius 2 is 1.82 bits per heavy atom. The zero-order valence-corrected chi connectivity index (χ0v) is 11.7. The first-order valence-electron chi connectivity index (χ1n) is 7.68. The zero-order valence-electron chi connectivity index (χ0n) is 11.7. The van der Waals surface area contributed by atoms with Crippen LogP contribution in [-0.2, 0) is 0 Å². The van der Waals surface area contributed by atoms with Crippen LogP contribution in [0.5, 0.6) is 0 Å². The van der Waals surface area contributed by atoms with Crippen molar-refractivity contribution in [3.8, 4) is 0 Å². The Kier molecular flexibility index (Phi) is 4.87. The molecule has 2 heteroatoms. The van der Waals surface area contributed by atoms with Gasteiger partial charge in [-0.3, -0.25) is 4.90 Å². The average molecular weight is 238 g/mol. The van der Waals surface area contributed by atoms with E-state index in [0.29, 0.717) is 0 Å². The molecule has 2 fully saturated rings. The highest BCUT2D eigenvalue weighted by Gasteiger charge is 2.32. The van der Waals surface area contributed by atoms with Gasteiger partial charge in [-0.25, -0.2) is 0 Å². The molecular formula is C15H30N2. The number of likely N-dealkylation sites (tertiary alicyclic amines) is 1. The summed E-state index contributed by atoms with van der Waals surface area (Å²) >= 11 is 0. The van der Waals surface area contributed by atoms with Gasteiger partial charge in [0, 0.05) is 18.6 Å². The molecule has 2 nitrogen and oxygen atoms in total. The fourth-order valence-electron chi connectivity index (χ4n) is 3.86. The van der Waals surface area contributed by atoms with Crippen LogP contribution in [0.1, 0.15) is 58.8 Å². The number of hydrogen-bond acceptors (Lipinski definition) is 2. The van der Waals surface area contributed by atoms with Gasteiger partial charge in [0.05, 0.1) is 0 Å². The summed E-state index contributed by atoms with van der Waals surface area (Å²) in [4.78, 5) is 2.76. The third kappa shape index (κ3) is 3.23. The minimum absolute atomic E-state index is 0.747. The highest BCUT2D eigenvalue weighted by molar-refractivity contribution is 4.86. The zero-order chi connectivity index (χ0) is 12.3. The molecule has 1 saturated carbocycles. The molecule has 0 aromatic rings. The van der Waals surface area contributed by atoms with Crippen LogP contribution in [-0.4, -0.2) is 30.1 Å². The van der Waals surface area contributed by atoms with Crippen molar-refractivity contribution in [2.45, 2.75) is 70.9 Å². The molecule has 1 saturated heterocycles. The van der Waals surface area contributed by atoms with E-state index in [9.17, 15) is 0 Å². The molecule has 3 unspecified atom stereocenters. The summed E-state index contributed by atoms with van der Waals surface area (Å²) in [6.45, 7) is 6.99. The Bertz CT molecular complexity index is 223. The molecule has 0 radical (unpaired) electrons. The lowest BCUT2D eigenvalue weighted by Crippen LogP contribution is -2.50. The first-order valence-corrected chi connectivity index (χ1v) is 7.68. The lowest BCUT2D eigenvalue weighted by Gasteiger charge is -2.45. The minimum Gasteiger partial charge on any atom is -0.330 e. The van der Waals surface area contributed by atoms with Crippen molar-refractivity contribution in [1.82, 2.24) is 4.90 Å². The maximum absolute atomic E-state index is 5.86. The summed E-state index contributed by atoms with van der Waals surface area (Å²) in [5, 5.41) is 0. The van der Waals surface area contributed by atoms with E-state index in [4.69, 9.17) is 5.73 Å². The quantitative estimate of drug-likeness (QED) is 0.819. The Balaban J connectivity index is 1.93. The van der Waals surface area contributed by atoms with Crippen LogP contribution >= 0.6 is 0 Å². The Labute approximate surface area is 107 Å². The fourth-order valence-corrected chi connectivity index (χ4v) is 3.86. The van der Waals surface area contributed by atoms with Gasteiger partial charge in [0.2, 0.25) is 0 Å². The van der Waals surface area contributed by atoms with Gasteiger partial charge in [0.15, 0.2) is 0 Å². The van der Waals surface area contributed by atoms with E-state index >= 15 is 0 Å². The predicted octanol–water partition coefficient (Wildman–Crippen LogP) is 3.01. The largest absolute Gasteiger partial charge is 0.330 e. The number of nitrogens with two attached hydrogens (primary N) is 1. The van der Waals surface area contributed by atoms with E-state index in [-0.39, 0.29) is 0 Å². The summed E-state index contributed by atoms with van der Waals surface area (Å²) in [5.41, 5.74) is 5.86. The van der Waals surface area contributed by atoms with Crippen molar-refractivity contribution >= 4 is 0 Å². The first kappa shape index (κ1) is 13.4. The van der Waals surface area contributed by atoms with Gasteiger partial charge in [-0.15, -0.1) is 0 Å². The second-order valence-corrected chi connectivity index (χ2v) is 6.36.